The van der Waals surface area contributed by atoms with Crippen LogP contribution >= 0.6 is 11.9 Å². The molecular weight excluding hydrogens is 278 g/mol. The minimum atomic E-state index is -0.660. The molecule has 0 radical (unpaired) electrons. The highest BCUT2D eigenvalue weighted by atomic mass is 32.2. The van der Waals surface area contributed by atoms with Crippen molar-refractivity contribution in [2.75, 3.05) is 6.61 Å². The van der Waals surface area contributed by atoms with Crippen LogP contribution in [0.1, 0.15) is 46.0 Å². The predicted octanol–water partition coefficient (Wildman–Crippen LogP) is 0.896. The standard InChI is InChI=1S/C13H25N3O3S/c1-3-10(12(15)18)8-11(14)13(20-16-9(2)17)6-4-5-7-19-13/h10-11H,3-8,14H2,1-2H3,(H2,15,18)(H,16,17). The van der Waals surface area contributed by atoms with E-state index in [0.717, 1.165) is 19.3 Å². The fourth-order valence-corrected chi connectivity index (χ4v) is 3.32. The third-order valence-corrected chi connectivity index (χ3v) is 4.99. The number of ether oxygens (including phenoxy) is 1. The summed E-state index contributed by atoms with van der Waals surface area (Å²) in [5.74, 6) is -0.735. The molecule has 1 aliphatic heterocycles. The van der Waals surface area contributed by atoms with E-state index in [1.807, 2.05) is 6.92 Å². The van der Waals surface area contributed by atoms with Gasteiger partial charge in [0, 0.05) is 25.5 Å². The highest BCUT2D eigenvalue weighted by Gasteiger charge is 2.42. The van der Waals surface area contributed by atoms with Crippen LogP contribution in [-0.2, 0) is 14.3 Å². The smallest absolute Gasteiger partial charge is 0.226 e. The van der Waals surface area contributed by atoms with E-state index in [0.29, 0.717) is 19.4 Å². The molecule has 0 spiro atoms. The molecule has 0 saturated carbocycles. The summed E-state index contributed by atoms with van der Waals surface area (Å²) in [7, 11) is 0. The quantitative estimate of drug-likeness (QED) is 0.606. The molecule has 2 amide bonds. The van der Waals surface area contributed by atoms with Crippen molar-refractivity contribution in [3.05, 3.63) is 0 Å². The lowest BCUT2D eigenvalue weighted by Gasteiger charge is -2.41. The first kappa shape index (κ1) is 17.3. The maximum Gasteiger partial charge on any atom is 0.226 e. The van der Waals surface area contributed by atoms with Gasteiger partial charge in [0.05, 0.1) is 0 Å². The van der Waals surface area contributed by atoms with Gasteiger partial charge < -0.3 is 16.2 Å². The molecule has 116 valence electrons. The summed E-state index contributed by atoms with van der Waals surface area (Å²) < 4.78 is 8.59. The van der Waals surface area contributed by atoms with Crippen molar-refractivity contribution in [1.82, 2.24) is 4.72 Å². The van der Waals surface area contributed by atoms with Crippen molar-refractivity contribution in [2.45, 2.75) is 56.9 Å². The SMILES string of the molecule is CCC(CC(N)C1(SNC(C)=O)CCCCO1)C(N)=O. The molecular formula is C13H25N3O3S. The van der Waals surface area contributed by atoms with E-state index < -0.39 is 4.93 Å². The number of carbonyl (C=O) groups excluding carboxylic acids is 2. The maximum absolute atomic E-state index is 11.4. The lowest BCUT2D eigenvalue weighted by Crippen LogP contribution is -2.52. The average Bonchev–Trinajstić information content (AvgIpc) is 2.42. The molecule has 0 aromatic rings. The van der Waals surface area contributed by atoms with Gasteiger partial charge in [0.2, 0.25) is 11.8 Å². The van der Waals surface area contributed by atoms with Crippen LogP contribution in [-0.4, -0.2) is 29.4 Å². The van der Waals surface area contributed by atoms with Gasteiger partial charge in [-0.2, -0.15) is 0 Å². The van der Waals surface area contributed by atoms with Gasteiger partial charge in [0.25, 0.3) is 0 Å². The number of amides is 2. The topological polar surface area (TPSA) is 107 Å². The van der Waals surface area contributed by atoms with Crippen molar-refractivity contribution < 1.29 is 14.3 Å². The molecule has 20 heavy (non-hydrogen) atoms. The second-order valence-electron chi connectivity index (χ2n) is 5.23. The number of carbonyl (C=O) groups is 2. The number of hydrogen-bond acceptors (Lipinski definition) is 5. The van der Waals surface area contributed by atoms with Gasteiger partial charge in [-0.25, -0.2) is 0 Å². The largest absolute Gasteiger partial charge is 0.369 e. The van der Waals surface area contributed by atoms with E-state index in [9.17, 15) is 9.59 Å². The summed E-state index contributed by atoms with van der Waals surface area (Å²) in [6, 6.07) is -0.350. The fraction of sp³-hybridized carbons (Fsp3) is 0.846. The van der Waals surface area contributed by atoms with Crippen LogP contribution in [0.25, 0.3) is 0 Å². The normalized spacial score (nSPS) is 25.8. The van der Waals surface area contributed by atoms with Crippen LogP contribution in [0.2, 0.25) is 0 Å². The Balaban J connectivity index is 2.75. The monoisotopic (exact) mass is 303 g/mol. The molecule has 5 N–H and O–H groups in total. The zero-order valence-corrected chi connectivity index (χ0v) is 13.0. The number of rotatable bonds is 7. The zero-order chi connectivity index (χ0) is 15.2. The Morgan fingerprint density at radius 3 is 2.60 bits per heavy atom. The van der Waals surface area contributed by atoms with E-state index in [2.05, 4.69) is 4.72 Å². The van der Waals surface area contributed by atoms with Gasteiger partial charge in [0.15, 0.2) is 0 Å². The van der Waals surface area contributed by atoms with E-state index in [1.165, 1.54) is 18.9 Å². The van der Waals surface area contributed by atoms with E-state index in [4.69, 9.17) is 16.2 Å². The van der Waals surface area contributed by atoms with E-state index in [1.54, 1.807) is 0 Å². The Bertz CT molecular complexity index is 346. The minimum absolute atomic E-state index is 0.141. The van der Waals surface area contributed by atoms with Gasteiger partial charge >= 0.3 is 0 Å². The van der Waals surface area contributed by atoms with Crippen LogP contribution < -0.4 is 16.2 Å². The summed E-state index contributed by atoms with van der Waals surface area (Å²) in [5.41, 5.74) is 11.7. The Morgan fingerprint density at radius 2 is 2.15 bits per heavy atom. The predicted molar refractivity (Wildman–Crippen MR) is 79.5 cm³/mol. The zero-order valence-electron chi connectivity index (χ0n) is 12.2. The summed E-state index contributed by atoms with van der Waals surface area (Å²) in [6.45, 7) is 3.98. The molecule has 1 heterocycles. The first-order chi connectivity index (χ1) is 9.41. The molecule has 1 aliphatic rings. The van der Waals surface area contributed by atoms with Crippen molar-refractivity contribution in [2.24, 2.45) is 17.4 Å². The highest BCUT2D eigenvalue weighted by Crippen LogP contribution is 2.38. The summed E-state index contributed by atoms with van der Waals surface area (Å²) in [5, 5.41) is 0. The summed E-state index contributed by atoms with van der Waals surface area (Å²) in [6.07, 6.45) is 3.87. The van der Waals surface area contributed by atoms with Gasteiger partial charge in [-0.1, -0.05) is 6.92 Å². The lowest BCUT2D eigenvalue weighted by atomic mass is 9.91. The molecule has 0 aliphatic carbocycles. The number of hydrogen-bond donors (Lipinski definition) is 3. The van der Waals surface area contributed by atoms with E-state index in [-0.39, 0.29) is 23.8 Å². The first-order valence-electron chi connectivity index (χ1n) is 7.04. The van der Waals surface area contributed by atoms with Gasteiger partial charge in [-0.05, 0) is 44.1 Å². The highest BCUT2D eigenvalue weighted by molar-refractivity contribution is 7.99. The first-order valence-corrected chi connectivity index (χ1v) is 7.86. The average molecular weight is 303 g/mol. The molecule has 1 fully saturated rings. The third-order valence-electron chi connectivity index (χ3n) is 3.63. The van der Waals surface area contributed by atoms with Gasteiger partial charge in [-0.15, -0.1) is 0 Å². The maximum atomic E-state index is 11.4. The summed E-state index contributed by atoms with van der Waals surface area (Å²) in [4.78, 5) is 21.8. The van der Waals surface area contributed by atoms with Crippen molar-refractivity contribution in [1.29, 1.82) is 0 Å². The van der Waals surface area contributed by atoms with Crippen LogP contribution in [0, 0.1) is 5.92 Å². The molecule has 6 nitrogen and oxygen atoms in total. The van der Waals surface area contributed by atoms with Crippen LogP contribution in [0.5, 0.6) is 0 Å². The van der Waals surface area contributed by atoms with Gasteiger partial charge in [0.1, 0.15) is 4.93 Å². The molecule has 0 aromatic heterocycles. The summed E-state index contributed by atoms with van der Waals surface area (Å²) >= 11 is 1.23. The van der Waals surface area contributed by atoms with Crippen molar-refractivity contribution >= 4 is 23.8 Å². The Labute approximate surface area is 124 Å². The number of nitrogens with two attached hydrogens (primary N) is 2. The van der Waals surface area contributed by atoms with Crippen molar-refractivity contribution in [3.63, 3.8) is 0 Å². The number of nitrogens with one attached hydrogen (secondary N) is 1. The Morgan fingerprint density at radius 1 is 1.45 bits per heavy atom. The van der Waals surface area contributed by atoms with Crippen LogP contribution in [0.3, 0.4) is 0 Å². The molecule has 7 heteroatoms. The molecule has 1 rings (SSSR count). The Hall–Kier alpha value is -0.790. The van der Waals surface area contributed by atoms with Crippen molar-refractivity contribution in [3.8, 4) is 0 Å². The lowest BCUT2D eigenvalue weighted by molar-refractivity contribution is -0.123. The number of primary amides is 1. The molecule has 1 saturated heterocycles. The van der Waals surface area contributed by atoms with Crippen LogP contribution in [0.15, 0.2) is 0 Å². The van der Waals surface area contributed by atoms with Crippen LogP contribution in [0.4, 0.5) is 0 Å². The molecule has 0 bridgehead atoms. The minimum Gasteiger partial charge on any atom is -0.369 e. The third kappa shape index (κ3) is 4.64. The molecule has 3 unspecified atom stereocenters. The van der Waals surface area contributed by atoms with E-state index >= 15 is 0 Å². The van der Waals surface area contributed by atoms with Gasteiger partial charge in [-0.3, -0.25) is 14.3 Å². The fourth-order valence-electron chi connectivity index (χ4n) is 2.37. The second-order valence-corrected chi connectivity index (χ2v) is 6.33. The molecule has 3 atom stereocenters. The second kappa shape index (κ2) is 7.85. The molecule has 0 aromatic carbocycles. The Kier molecular flexibility index (Phi) is 6.78.